The molecule has 4 aromatic heterocycles. The smallest absolute Gasteiger partial charge is 0.387 e. The first kappa shape index (κ1) is 39.7. The Balaban J connectivity index is 1.01. The van der Waals surface area contributed by atoms with Crippen LogP contribution in [0.25, 0.3) is 22.3 Å². The van der Waals surface area contributed by atoms with Gasteiger partial charge in [0.2, 0.25) is 0 Å². The standard InChI is InChI=1S/C20H29N11O18P4/c21-15-9-17(25-3-23-15)30(5-27-9)19-13(34)11(32)7(46-19)1-44-52(40,41)48-50(36,37)29-51(38,39)49-53(42,43)45-2-8-12(33)14(35)20(47-8)31-6-28-10-16(22)24-4-26-18(10)31/h3-8,11-14,19-20,32-35H,1-2H2,(H,40,41)(H,42,43)(H2,21,23,25)(H2,22,24,26)(H3,29,36,37,38,39)/t7-,8-,11-,12-,13-,14-,19-,20-/m1/s1. The van der Waals surface area contributed by atoms with Crippen molar-refractivity contribution in [2.75, 3.05) is 24.7 Å². The molecule has 0 bridgehead atoms. The summed E-state index contributed by atoms with van der Waals surface area (Å²) in [7, 11) is -23.3. The molecule has 0 radical (unpaired) electrons. The van der Waals surface area contributed by atoms with Crippen LogP contribution < -0.4 is 16.3 Å². The first-order valence-corrected chi connectivity index (χ1v) is 20.5. The highest BCUT2D eigenvalue weighted by Gasteiger charge is 2.49. The second kappa shape index (κ2) is 14.6. The van der Waals surface area contributed by atoms with Crippen LogP contribution in [0.4, 0.5) is 11.6 Å². The molecule has 0 amide bonds. The maximum atomic E-state index is 12.5. The largest absolute Gasteiger partial charge is 0.480 e. The predicted octanol–water partition coefficient (Wildman–Crippen LogP) is -2.87. The number of phosphoric acid groups is 2. The Bertz CT molecular complexity index is 2040. The van der Waals surface area contributed by atoms with Crippen LogP contribution in [0.1, 0.15) is 12.5 Å². The van der Waals surface area contributed by atoms with Crippen LogP contribution in [0.2, 0.25) is 0 Å². The molecule has 0 spiro atoms. The molecule has 292 valence electrons. The van der Waals surface area contributed by atoms with Crippen LogP contribution in [-0.2, 0) is 45.4 Å². The Labute approximate surface area is 293 Å². The van der Waals surface area contributed by atoms with E-state index in [9.17, 15) is 58.3 Å². The molecule has 53 heavy (non-hydrogen) atoms. The molecule has 2 saturated heterocycles. The molecule has 6 heterocycles. The van der Waals surface area contributed by atoms with E-state index in [0.29, 0.717) is 0 Å². The lowest BCUT2D eigenvalue weighted by Gasteiger charge is -2.22. The van der Waals surface area contributed by atoms with Crippen LogP contribution in [0, 0.1) is 0 Å². The van der Waals surface area contributed by atoms with Gasteiger partial charge in [-0.2, -0.15) is 8.62 Å². The van der Waals surface area contributed by atoms with Gasteiger partial charge in [-0.3, -0.25) is 18.2 Å². The van der Waals surface area contributed by atoms with Crippen LogP contribution in [0.3, 0.4) is 0 Å². The molecule has 13 N–H and O–H groups in total. The van der Waals surface area contributed by atoms with E-state index in [1.807, 2.05) is 0 Å². The van der Waals surface area contributed by atoms with E-state index in [0.717, 1.165) is 30.2 Å². The van der Waals surface area contributed by atoms with Crippen molar-refractivity contribution in [1.29, 1.82) is 0 Å². The fourth-order valence-electron chi connectivity index (χ4n) is 5.16. The second-order valence-electron chi connectivity index (χ2n) is 11.1. The number of nitrogens with zero attached hydrogens (tertiary/aromatic N) is 8. The Kier molecular flexibility index (Phi) is 10.9. The lowest BCUT2D eigenvalue weighted by molar-refractivity contribution is -0.0502. The molecule has 33 heteroatoms. The monoisotopic (exact) mass is 835 g/mol. The Morgan fingerprint density at radius 3 is 1.40 bits per heavy atom. The number of anilines is 2. The van der Waals surface area contributed by atoms with Crippen LogP contribution in [-0.4, -0.2) is 129 Å². The lowest BCUT2D eigenvalue weighted by atomic mass is 10.1. The fourth-order valence-corrected chi connectivity index (χ4v) is 10.7. The minimum Gasteiger partial charge on any atom is -0.387 e. The van der Waals surface area contributed by atoms with Crippen molar-refractivity contribution in [2.24, 2.45) is 0 Å². The number of nitrogens with two attached hydrogens (primary N) is 2. The highest BCUT2D eigenvalue weighted by atomic mass is 31.3. The highest BCUT2D eigenvalue weighted by Crippen LogP contribution is 2.66. The van der Waals surface area contributed by atoms with Crippen molar-refractivity contribution in [3.63, 3.8) is 0 Å². The molecular formula is C20H29N11O18P4. The molecule has 0 saturated carbocycles. The molecule has 0 aromatic carbocycles. The molecule has 2 aliphatic rings. The summed E-state index contributed by atoms with van der Waals surface area (Å²) in [6.07, 6.45) is -8.43. The highest BCUT2D eigenvalue weighted by molar-refractivity contribution is 7.73. The summed E-state index contributed by atoms with van der Waals surface area (Å²) >= 11 is 0. The van der Waals surface area contributed by atoms with Crippen molar-refractivity contribution >= 4 is 65.1 Å². The molecule has 0 aliphatic carbocycles. The van der Waals surface area contributed by atoms with E-state index in [2.05, 4.69) is 47.6 Å². The quantitative estimate of drug-likeness (QED) is 0.0568. The second-order valence-corrected chi connectivity index (χ2v) is 17.7. The van der Waals surface area contributed by atoms with Gasteiger partial charge in [-0.05, 0) is 0 Å². The van der Waals surface area contributed by atoms with Crippen LogP contribution in [0.5, 0.6) is 0 Å². The summed E-state index contributed by atoms with van der Waals surface area (Å²) < 4.78 is 80.3. The van der Waals surface area contributed by atoms with Crippen molar-refractivity contribution in [3.05, 3.63) is 25.3 Å². The number of aliphatic hydroxyl groups is 4. The van der Waals surface area contributed by atoms with Crippen LogP contribution in [0.15, 0.2) is 25.3 Å². The number of nitrogen functional groups attached to an aromatic ring is 2. The van der Waals surface area contributed by atoms with Gasteiger partial charge in [0.05, 0.1) is 25.9 Å². The van der Waals surface area contributed by atoms with Crippen molar-refractivity contribution in [2.45, 2.75) is 49.1 Å². The van der Waals surface area contributed by atoms with Gasteiger partial charge in [0.25, 0.3) is 0 Å². The van der Waals surface area contributed by atoms with E-state index in [-0.39, 0.29) is 34.0 Å². The van der Waals surface area contributed by atoms with Crippen molar-refractivity contribution in [1.82, 2.24) is 43.9 Å². The third-order valence-electron chi connectivity index (χ3n) is 7.48. The topological polar surface area (TPSA) is 437 Å². The lowest BCUT2D eigenvalue weighted by Crippen LogP contribution is -2.33. The molecule has 2 fully saturated rings. The average molecular weight is 835 g/mol. The van der Waals surface area contributed by atoms with E-state index in [1.54, 1.807) is 0 Å². The van der Waals surface area contributed by atoms with Gasteiger partial charge in [-0.25, -0.2) is 48.2 Å². The predicted molar refractivity (Wildman–Crippen MR) is 168 cm³/mol. The number of hydrogen-bond acceptors (Lipinski definition) is 22. The molecule has 2 aliphatic heterocycles. The number of imidazole rings is 2. The fraction of sp³-hybridized carbons (Fsp3) is 0.500. The van der Waals surface area contributed by atoms with E-state index < -0.39 is 93.4 Å². The van der Waals surface area contributed by atoms with Gasteiger partial charge < -0.3 is 60.9 Å². The zero-order valence-electron chi connectivity index (χ0n) is 26.0. The summed E-state index contributed by atoms with van der Waals surface area (Å²) in [5.74, 6) is -0.0166. The summed E-state index contributed by atoms with van der Waals surface area (Å²) in [5.41, 5.74) is 11.9. The molecule has 4 unspecified atom stereocenters. The third kappa shape index (κ3) is 8.48. The minimum absolute atomic E-state index is 0.00830. The summed E-state index contributed by atoms with van der Waals surface area (Å²) in [5, 5.41) is 41.8. The number of aliphatic hydroxyl groups excluding tert-OH is 4. The zero-order chi connectivity index (χ0) is 38.7. The Hall–Kier alpha value is -2.98. The summed E-state index contributed by atoms with van der Waals surface area (Å²) in [6, 6.07) is 0. The maximum absolute atomic E-state index is 12.5. The van der Waals surface area contributed by atoms with Gasteiger partial charge in [0, 0.05) is 0 Å². The summed E-state index contributed by atoms with van der Waals surface area (Å²) in [4.78, 5) is 64.3. The number of rotatable bonds is 14. The van der Waals surface area contributed by atoms with Gasteiger partial charge in [0.15, 0.2) is 35.4 Å². The first-order valence-electron chi connectivity index (χ1n) is 14.4. The first-order chi connectivity index (χ1) is 24.7. The number of hydrogen-bond donors (Lipinski definition) is 11. The van der Waals surface area contributed by atoms with Crippen LogP contribution >= 0.6 is 31.1 Å². The van der Waals surface area contributed by atoms with Gasteiger partial charge >= 0.3 is 31.1 Å². The Morgan fingerprint density at radius 1 is 0.642 bits per heavy atom. The normalized spacial score (nSPS) is 30.9. The number of phosphoric ester groups is 2. The summed E-state index contributed by atoms with van der Waals surface area (Å²) in [6.45, 7) is -2.16. The number of ether oxygens (including phenoxy) is 2. The molecule has 29 nitrogen and oxygen atoms in total. The van der Waals surface area contributed by atoms with Crippen molar-refractivity contribution < 1.29 is 85.4 Å². The SMILES string of the molecule is Nc1ncnc2c1ncn2[C@@H]1O[C@H](COP(=O)(O)OP(=O)(O)NP(=O)(O)OP(=O)(O)OC[C@H]2O[C@@H](n3cnc4c(N)ncnc43)[C@H](O)[C@@H]2O)[C@@H](O)[C@H]1O. The minimum atomic E-state index is -5.94. The maximum Gasteiger partial charge on any atom is 0.480 e. The molecule has 4 aromatic rings. The average Bonchev–Trinajstić information content (AvgIpc) is 3.80. The zero-order valence-corrected chi connectivity index (χ0v) is 29.6. The van der Waals surface area contributed by atoms with Gasteiger partial charge in [0.1, 0.15) is 60.3 Å². The molecule has 6 rings (SSSR count). The molecular weight excluding hydrogens is 806 g/mol. The van der Waals surface area contributed by atoms with E-state index >= 15 is 0 Å². The van der Waals surface area contributed by atoms with Gasteiger partial charge in [-0.1, -0.05) is 0 Å². The van der Waals surface area contributed by atoms with Crippen molar-refractivity contribution in [3.8, 4) is 0 Å². The number of aromatic nitrogens is 8. The molecule has 12 atom stereocenters. The Morgan fingerprint density at radius 2 is 1.02 bits per heavy atom. The number of fused-ring (bicyclic) bond motifs is 2. The van der Waals surface area contributed by atoms with E-state index in [4.69, 9.17) is 20.9 Å². The van der Waals surface area contributed by atoms with Gasteiger partial charge in [-0.15, -0.1) is 4.86 Å². The third-order valence-corrected chi connectivity index (χ3v) is 13.9. The number of nitrogens with one attached hydrogen (secondary N) is 1. The van der Waals surface area contributed by atoms with E-state index in [1.165, 1.54) is 9.13 Å².